The van der Waals surface area contributed by atoms with Crippen molar-refractivity contribution in [3.8, 4) is 0 Å². The lowest BCUT2D eigenvalue weighted by molar-refractivity contribution is 0.266. The first-order valence-corrected chi connectivity index (χ1v) is 6.40. The van der Waals surface area contributed by atoms with Crippen molar-refractivity contribution in [2.45, 2.75) is 6.17 Å². The van der Waals surface area contributed by atoms with Crippen molar-refractivity contribution in [1.29, 1.82) is 0 Å². The van der Waals surface area contributed by atoms with E-state index >= 15 is 0 Å². The van der Waals surface area contributed by atoms with Gasteiger partial charge in [-0.15, -0.1) is 0 Å². The maximum absolute atomic E-state index is 4.51. The summed E-state index contributed by atoms with van der Waals surface area (Å²) in [7, 11) is 4.18. The average Bonchev–Trinajstić information content (AvgIpc) is 2.84. The second kappa shape index (κ2) is 4.86. The maximum Gasteiger partial charge on any atom is 0.141 e. The molecule has 0 aliphatic heterocycles. The Kier molecular flexibility index (Phi) is 3.05. The van der Waals surface area contributed by atoms with E-state index in [4.69, 9.17) is 0 Å². The van der Waals surface area contributed by atoms with Gasteiger partial charge in [0, 0.05) is 17.8 Å². The number of rotatable bonds is 3. The summed E-state index contributed by atoms with van der Waals surface area (Å²) >= 11 is 0. The molecule has 3 nitrogen and oxygen atoms in total. The highest BCUT2D eigenvalue weighted by Crippen LogP contribution is 2.25. The summed E-state index contributed by atoms with van der Waals surface area (Å²) in [6, 6.07) is 16.7. The van der Waals surface area contributed by atoms with Crippen LogP contribution < -0.4 is 0 Å². The van der Waals surface area contributed by atoms with E-state index in [0.29, 0.717) is 0 Å². The van der Waals surface area contributed by atoms with Crippen molar-refractivity contribution < 1.29 is 0 Å². The second-order valence-electron chi connectivity index (χ2n) is 4.89. The zero-order valence-electron chi connectivity index (χ0n) is 11.2. The van der Waals surface area contributed by atoms with Crippen LogP contribution >= 0.6 is 0 Å². The maximum atomic E-state index is 4.51. The molecule has 0 aliphatic carbocycles. The molecule has 0 spiro atoms. The van der Waals surface area contributed by atoms with Gasteiger partial charge in [0.25, 0.3) is 0 Å². The Bertz CT molecular complexity index is 671. The lowest BCUT2D eigenvalue weighted by Gasteiger charge is -2.26. The number of fused-ring (bicyclic) bond motifs is 1. The Morgan fingerprint density at radius 2 is 1.79 bits per heavy atom. The molecule has 0 aliphatic rings. The van der Waals surface area contributed by atoms with E-state index in [1.165, 1.54) is 10.9 Å². The summed E-state index contributed by atoms with van der Waals surface area (Å²) in [5.74, 6) is 0. The van der Waals surface area contributed by atoms with Crippen LogP contribution in [0.4, 0.5) is 0 Å². The lowest BCUT2D eigenvalue weighted by Crippen LogP contribution is -2.26. The molecule has 3 heteroatoms. The highest BCUT2D eigenvalue weighted by atomic mass is 15.3. The molecule has 0 fully saturated rings. The van der Waals surface area contributed by atoms with Crippen LogP contribution in [0.3, 0.4) is 0 Å². The Hall–Kier alpha value is -2.13. The largest absolute Gasteiger partial charge is 0.312 e. The minimum Gasteiger partial charge on any atom is -0.312 e. The molecular weight excluding hydrogens is 234 g/mol. The van der Waals surface area contributed by atoms with Gasteiger partial charge in [-0.05, 0) is 37.9 Å². The number of hydrogen-bond donors (Lipinski definition) is 0. The van der Waals surface area contributed by atoms with Gasteiger partial charge in [0.1, 0.15) is 11.8 Å². The van der Waals surface area contributed by atoms with E-state index in [2.05, 4.69) is 71.1 Å². The van der Waals surface area contributed by atoms with Gasteiger partial charge in [0.15, 0.2) is 0 Å². The first-order chi connectivity index (χ1) is 9.27. The third-order valence-corrected chi connectivity index (χ3v) is 3.33. The number of benzene rings is 1. The molecule has 1 atom stereocenters. The van der Waals surface area contributed by atoms with E-state index in [-0.39, 0.29) is 6.17 Å². The second-order valence-corrected chi connectivity index (χ2v) is 4.89. The Labute approximate surface area is 113 Å². The van der Waals surface area contributed by atoms with Crippen molar-refractivity contribution in [1.82, 2.24) is 14.5 Å². The van der Waals surface area contributed by atoms with E-state index in [9.17, 15) is 0 Å². The molecule has 0 amide bonds. The molecule has 2 heterocycles. The quantitative estimate of drug-likeness (QED) is 0.713. The lowest BCUT2D eigenvalue weighted by atomic mass is 10.1. The van der Waals surface area contributed by atoms with Gasteiger partial charge >= 0.3 is 0 Å². The van der Waals surface area contributed by atoms with Crippen LogP contribution in [0, 0.1) is 0 Å². The molecule has 1 aromatic carbocycles. The van der Waals surface area contributed by atoms with Crippen molar-refractivity contribution in [3.05, 3.63) is 66.5 Å². The fraction of sp³-hybridized carbons (Fsp3) is 0.188. The zero-order chi connectivity index (χ0) is 13.2. The Morgan fingerprint density at radius 3 is 2.53 bits per heavy atom. The van der Waals surface area contributed by atoms with E-state index in [0.717, 1.165) is 5.65 Å². The number of aromatic nitrogens is 2. The molecule has 1 unspecified atom stereocenters. The monoisotopic (exact) mass is 251 g/mol. The number of pyridine rings is 1. The van der Waals surface area contributed by atoms with Gasteiger partial charge in [-0.3, -0.25) is 4.90 Å². The van der Waals surface area contributed by atoms with Crippen molar-refractivity contribution in [2.24, 2.45) is 0 Å². The topological polar surface area (TPSA) is 21.1 Å². The molecule has 0 N–H and O–H groups in total. The van der Waals surface area contributed by atoms with Crippen LogP contribution in [-0.2, 0) is 0 Å². The molecule has 3 rings (SSSR count). The average molecular weight is 251 g/mol. The van der Waals surface area contributed by atoms with Crippen LogP contribution in [0.25, 0.3) is 11.0 Å². The zero-order valence-corrected chi connectivity index (χ0v) is 11.2. The highest BCUT2D eigenvalue weighted by molar-refractivity contribution is 5.76. The summed E-state index contributed by atoms with van der Waals surface area (Å²) in [5, 5.41) is 1.17. The normalized spacial score (nSPS) is 13.0. The SMILES string of the molecule is CN(C)C(c1ccccc1)n1ccc2cccnc21. The minimum absolute atomic E-state index is 0.161. The fourth-order valence-corrected chi connectivity index (χ4v) is 2.52. The minimum atomic E-state index is 0.161. The summed E-state index contributed by atoms with van der Waals surface area (Å²) < 4.78 is 2.21. The fourth-order valence-electron chi connectivity index (χ4n) is 2.52. The summed E-state index contributed by atoms with van der Waals surface area (Å²) in [5.41, 5.74) is 2.28. The predicted octanol–water partition coefficient (Wildman–Crippen LogP) is 3.14. The van der Waals surface area contributed by atoms with Gasteiger partial charge in [0.2, 0.25) is 0 Å². The van der Waals surface area contributed by atoms with Crippen LogP contribution in [0.15, 0.2) is 60.9 Å². The summed E-state index contributed by atoms with van der Waals surface area (Å²) in [6.07, 6.45) is 4.11. The smallest absolute Gasteiger partial charge is 0.141 e. The molecule has 0 saturated carbocycles. The summed E-state index contributed by atoms with van der Waals surface area (Å²) in [6.45, 7) is 0. The molecule has 0 radical (unpaired) electrons. The summed E-state index contributed by atoms with van der Waals surface area (Å²) in [4.78, 5) is 6.70. The van der Waals surface area contributed by atoms with Crippen LogP contribution in [0.2, 0.25) is 0 Å². The molecule has 19 heavy (non-hydrogen) atoms. The highest BCUT2D eigenvalue weighted by Gasteiger charge is 2.17. The molecule has 2 aromatic heterocycles. The van der Waals surface area contributed by atoms with Gasteiger partial charge < -0.3 is 4.57 Å². The van der Waals surface area contributed by atoms with Gasteiger partial charge in [-0.1, -0.05) is 30.3 Å². The molecule has 0 saturated heterocycles. The molecular formula is C16H17N3. The van der Waals surface area contributed by atoms with Gasteiger partial charge in [0.05, 0.1) is 0 Å². The predicted molar refractivity (Wildman–Crippen MR) is 78.0 cm³/mol. The molecule has 3 aromatic rings. The number of hydrogen-bond acceptors (Lipinski definition) is 2. The van der Waals surface area contributed by atoms with Crippen molar-refractivity contribution in [2.75, 3.05) is 14.1 Å². The number of nitrogens with zero attached hydrogens (tertiary/aromatic N) is 3. The standard InChI is InChI=1S/C16H17N3/c1-18(2)16(14-7-4-3-5-8-14)19-12-10-13-9-6-11-17-15(13)19/h3-12,16H,1-2H3. The van der Waals surface area contributed by atoms with Crippen LogP contribution in [-0.4, -0.2) is 28.5 Å². The Balaban J connectivity index is 2.16. The van der Waals surface area contributed by atoms with E-state index in [1.807, 2.05) is 18.3 Å². The third-order valence-electron chi connectivity index (χ3n) is 3.33. The first kappa shape index (κ1) is 11.9. The molecule has 96 valence electrons. The van der Waals surface area contributed by atoms with E-state index in [1.54, 1.807) is 0 Å². The Morgan fingerprint density at radius 1 is 1.00 bits per heavy atom. The van der Waals surface area contributed by atoms with Gasteiger partial charge in [-0.25, -0.2) is 4.98 Å². The molecule has 0 bridgehead atoms. The first-order valence-electron chi connectivity index (χ1n) is 6.40. The van der Waals surface area contributed by atoms with E-state index < -0.39 is 0 Å². The third kappa shape index (κ3) is 2.13. The van der Waals surface area contributed by atoms with Crippen molar-refractivity contribution in [3.63, 3.8) is 0 Å². The van der Waals surface area contributed by atoms with Gasteiger partial charge in [-0.2, -0.15) is 0 Å². The van der Waals surface area contributed by atoms with Crippen LogP contribution in [0.5, 0.6) is 0 Å². The van der Waals surface area contributed by atoms with Crippen molar-refractivity contribution >= 4 is 11.0 Å². The van der Waals surface area contributed by atoms with Crippen LogP contribution in [0.1, 0.15) is 11.7 Å².